The van der Waals surface area contributed by atoms with Gasteiger partial charge in [-0.25, -0.2) is 4.79 Å². The first-order valence-corrected chi connectivity index (χ1v) is 8.36. The molecule has 0 aliphatic rings. The Morgan fingerprint density at radius 1 is 1.04 bits per heavy atom. The minimum Gasteiger partial charge on any atom is -0.468 e. The van der Waals surface area contributed by atoms with E-state index in [1.807, 2.05) is 37.3 Å². The number of ether oxygens (including phenoxy) is 2. The van der Waals surface area contributed by atoms with Crippen molar-refractivity contribution in [3.63, 3.8) is 0 Å². The highest BCUT2D eigenvalue weighted by Crippen LogP contribution is 2.19. The van der Waals surface area contributed by atoms with Crippen molar-refractivity contribution in [1.82, 2.24) is 10.6 Å². The van der Waals surface area contributed by atoms with E-state index in [1.54, 1.807) is 34.6 Å². The minimum absolute atomic E-state index is 0.106. The van der Waals surface area contributed by atoms with Crippen LogP contribution in [-0.4, -0.2) is 36.4 Å². The van der Waals surface area contributed by atoms with Crippen molar-refractivity contribution in [1.29, 1.82) is 0 Å². The molecule has 2 N–H and O–H groups in total. The van der Waals surface area contributed by atoms with Crippen LogP contribution in [0, 0.1) is 0 Å². The molecule has 0 aliphatic carbocycles. The second kappa shape index (κ2) is 8.34. The monoisotopic (exact) mass is 350 g/mol. The number of carbonyl (C=O) groups excluding carboxylic acids is 2. The van der Waals surface area contributed by atoms with Gasteiger partial charge in [0, 0.05) is 6.04 Å². The minimum atomic E-state index is -0.918. The molecular weight excluding hydrogens is 320 g/mol. The summed E-state index contributed by atoms with van der Waals surface area (Å²) >= 11 is 0. The molecule has 0 bridgehead atoms. The average molecular weight is 350 g/mol. The smallest absolute Gasteiger partial charge is 0.408 e. The Balaban J connectivity index is 2.93. The number of hydrogen-bond donors (Lipinski definition) is 2. The molecule has 25 heavy (non-hydrogen) atoms. The lowest BCUT2D eigenvalue weighted by molar-refractivity contribution is -0.145. The van der Waals surface area contributed by atoms with Crippen LogP contribution in [0.25, 0.3) is 0 Å². The van der Waals surface area contributed by atoms with Crippen molar-refractivity contribution < 1.29 is 19.1 Å². The van der Waals surface area contributed by atoms with Crippen LogP contribution < -0.4 is 10.6 Å². The van der Waals surface area contributed by atoms with E-state index in [4.69, 9.17) is 9.47 Å². The summed E-state index contributed by atoms with van der Waals surface area (Å²) in [6.45, 7) is 10.8. The van der Waals surface area contributed by atoms with Crippen LogP contribution in [0.2, 0.25) is 0 Å². The molecule has 0 heterocycles. The molecule has 1 aromatic rings. The standard InChI is InChI=1S/C19H30N2O4/c1-13(14-11-9-8-10-12-14)20-15(16(22)24-7)19(5,6)21-17(23)25-18(2,3)4/h8-13,15,20H,1-7H3,(H,21,23)/t13-,15?/m0/s1. The summed E-state index contributed by atoms with van der Waals surface area (Å²) in [6, 6.07) is 8.89. The fourth-order valence-electron chi connectivity index (χ4n) is 2.42. The lowest BCUT2D eigenvalue weighted by Crippen LogP contribution is -2.62. The summed E-state index contributed by atoms with van der Waals surface area (Å²) in [4.78, 5) is 24.4. The van der Waals surface area contributed by atoms with E-state index in [-0.39, 0.29) is 6.04 Å². The molecule has 1 aromatic carbocycles. The molecule has 6 nitrogen and oxygen atoms in total. The van der Waals surface area contributed by atoms with Gasteiger partial charge in [0.1, 0.15) is 11.6 Å². The van der Waals surface area contributed by atoms with Gasteiger partial charge < -0.3 is 14.8 Å². The Morgan fingerprint density at radius 2 is 1.60 bits per heavy atom. The van der Waals surface area contributed by atoms with Crippen LogP contribution in [0.15, 0.2) is 30.3 Å². The maximum Gasteiger partial charge on any atom is 0.408 e. The fraction of sp³-hybridized carbons (Fsp3) is 0.579. The third kappa shape index (κ3) is 6.74. The molecule has 1 unspecified atom stereocenters. The summed E-state index contributed by atoms with van der Waals surface area (Å²) in [5.41, 5.74) is -0.506. The molecule has 0 saturated heterocycles. The number of alkyl carbamates (subject to hydrolysis) is 1. The van der Waals surface area contributed by atoms with E-state index in [1.165, 1.54) is 7.11 Å². The third-order valence-corrected chi connectivity index (χ3v) is 3.70. The number of benzene rings is 1. The first-order chi connectivity index (χ1) is 11.5. The highest BCUT2D eigenvalue weighted by molar-refractivity contribution is 5.79. The summed E-state index contributed by atoms with van der Waals surface area (Å²) in [6.07, 6.45) is -0.583. The Hall–Kier alpha value is -2.08. The lowest BCUT2D eigenvalue weighted by atomic mass is 9.93. The molecule has 0 fully saturated rings. The predicted octanol–water partition coefficient (Wildman–Crippen LogP) is 3.18. The SMILES string of the molecule is COC(=O)C(N[C@@H](C)c1ccccc1)C(C)(C)NC(=O)OC(C)(C)C. The number of rotatable bonds is 6. The van der Waals surface area contributed by atoms with Gasteiger partial charge in [-0.15, -0.1) is 0 Å². The Morgan fingerprint density at radius 3 is 2.08 bits per heavy atom. The molecule has 2 atom stereocenters. The van der Waals surface area contributed by atoms with Crippen molar-refractivity contribution >= 4 is 12.1 Å². The molecule has 140 valence electrons. The van der Waals surface area contributed by atoms with Crippen LogP contribution in [-0.2, 0) is 14.3 Å². The van der Waals surface area contributed by atoms with Gasteiger partial charge in [0.15, 0.2) is 0 Å². The van der Waals surface area contributed by atoms with Gasteiger partial charge >= 0.3 is 12.1 Å². The summed E-state index contributed by atoms with van der Waals surface area (Å²) < 4.78 is 10.2. The Kier molecular flexibility index (Phi) is 6.99. The summed E-state index contributed by atoms with van der Waals surface area (Å²) in [5, 5.41) is 6.01. The van der Waals surface area contributed by atoms with Crippen LogP contribution in [0.4, 0.5) is 4.79 Å². The molecule has 0 aromatic heterocycles. The molecular formula is C19H30N2O4. The van der Waals surface area contributed by atoms with E-state index in [0.717, 1.165) is 5.56 Å². The van der Waals surface area contributed by atoms with E-state index in [2.05, 4.69) is 10.6 Å². The molecule has 1 rings (SSSR count). The van der Waals surface area contributed by atoms with Crippen molar-refractivity contribution in [2.45, 2.75) is 64.8 Å². The number of amides is 1. The number of nitrogens with one attached hydrogen (secondary N) is 2. The summed E-state index contributed by atoms with van der Waals surface area (Å²) in [5.74, 6) is -0.455. The van der Waals surface area contributed by atoms with Crippen LogP contribution >= 0.6 is 0 Å². The van der Waals surface area contributed by atoms with Crippen molar-refractivity contribution in [2.24, 2.45) is 0 Å². The second-order valence-electron chi connectivity index (χ2n) is 7.60. The molecule has 0 spiro atoms. The average Bonchev–Trinajstić information content (AvgIpc) is 2.49. The lowest BCUT2D eigenvalue weighted by Gasteiger charge is -2.36. The molecule has 0 saturated carbocycles. The first-order valence-electron chi connectivity index (χ1n) is 8.36. The van der Waals surface area contributed by atoms with Gasteiger partial charge in [-0.3, -0.25) is 10.1 Å². The quantitative estimate of drug-likeness (QED) is 0.771. The maximum absolute atomic E-state index is 12.3. The molecule has 6 heteroatoms. The van der Waals surface area contributed by atoms with Gasteiger partial charge in [-0.1, -0.05) is 30.3 Å². The number of hydrogen-bond acceptors (Lipinski definition) is 5. The predicted molar refractivity (Wildman–Crippen MR) is 97.2 cm³/mol. The molecule has 0 radical (unpaired) electrons. The van der Waals surface area contributed by atoms with Crippen molar-refractivity contribution in [3.05, 3.63) is 35.9 Å². The number of carbonyl (C=O) groups is 2. The van der Waals surface area contributed by atoms with Crippen molar-refractivity contribution in [3.8, 4) is 0 Å². The highest BCUT2D eigenvalue weighted by atomic mass is 16.6. The zero-order valence-electron chi connectivity index (χ0n) is 16.2. The highest BCUT2D eigenvalue weighted by Gasteiger charge is 2.39. The van der Waals surface area contributed by atoms with Gasteiger partial charge in [-0.2, -0.15) is 0 Å². The zero-order valence-corrected chi connectivity index (χ0v) is 16.2. The largest absolute Gasteiger partial charge is 0.468 e. The zero-order chi connectivity index (χ0) is 19.3. The number of methoxy groups -OCH3 is 1. The van der Waals surface area contributed by atoms with E-state index in [9.17, 15) is 9.59 Å². The fourth-order valence-corrected chi connectivity index (χ4v) is 2.42. The van der Waals surface area contributed by atoms with Gasteiger partial charge in [0.05, 0.1) is 12.6 Å². The topological polar surface area (TPSA) is 76.7 Å². The van der Waals surface area contributed by atoms with Gasteiger partial charge in [0.2, 0.25) is 0 Å². The summed E-state index contributed by atoms with van der Waals surface area (Å²) in [7, 11) is 1.33. The Labute approximate surface area is 150 Å². The third-order valence-electron chi connectivity index (χ3n) is 3.70. The van der Waals surface area contributed by atoms with Gasteiger partial charge in [-0.05, 0) is 47.1 Å². The molecule has 1 amide bonds. The van der Waals surface area contributed by atoms with Crippen LogP contribution in [0.5, 0.6) is 0 Å². The van der Waals surface area contributed by atoms with Gasteiger partial charge in [0.25, 0.3) is 0 Å². The van der Waals surface area contributed by atoms with Crippen LogP contribution in [0.3, 0.4) is 0 Å². The van der Waals surface area contributed by atoms with E-state index >= 15 is 0 Å². The van der Waals surface area contributed by atoms with E-state index in [0.29, 0.717) is 0 Å². The normalized spacial score (nSPS) is 14.4. The first kappa shape index (κ1) is 21.0. The Bertz CT molecular complexity index is 579. The maximum atomic E-state index is 12.3. The van der Waals surface area contributed by atoms with Crippen molar-refractivity contribution in [2.75, 3.05) is 7.11 Å². The number of esters is 1. The molecule has 0 aliphatic heterocycles. The van der Waals surface area contributed by atoms with E-state index < -0.39 is 29.2 Å². The van der Waals surface area contributed by atoms with Crippen LogP contribution in [0.1, 0.15) is 53.1 Å². The second-order valence-corrected chi connectivity index (χ2v) is 7.60.